The molecule has 0 bridgehead atoms. The lowest BCUT2D eigenvalue weighted by molar-refractivity contribution is -0.0101. The Morgan fingerprint density at radius 2 is 2.00 bits per heavy atom. The summed E-state index contributed by atoms with van der Waals surface area (Å²) < 4.78 is 8.08. The number of hydrogen-bond acceptors (Lipinski definition) is 2. The van der Waals surface area contributed by atoms with E-state index in [9.17, 15) is 0 Å². The van der Waals surface area contributed by atoms with Crippen molar-refractivity contribution in [3.05, 3.63) is 23.5 Å². The van der Waals surface area contributed by atoms with Crippen LogP contribution in [0.2, 0.25) is 0 Å². The highest BCUT2D eigenvalue weighted by Gasteiger charge is 2.31. The van der Waals surface area contributed by atoms with E-state index in [4.69, 9.17) is 4.74 Å². The summed E-state index contributed by atoms with van der Waals surface area (Å²) in [4.78, 5) is 0. The van der Waals surface area contributed by atoms with Crippen molar-refractivity contribution in [2.45, 2.75) is 52.2 Å². The molecule has 0 saturated carbocycles. The van der Waals surface area contributed by atoms with E-state index in [0.29, 0.717) is 6.10 Å². The topological polar surface area (TPSA) is 26.2 Å². The van der Waals surface area contributed by atoms with Crippen molar-refractivity contribution in [1.82, 2.24) is 4.68 Å². The fourth-order valence-corrected chi connectivity index (χ4v) is 2.33. The van der Waals surface area contributed by atoms with Gasteiger partial charge in [0, 0.05) is 11.4 Å². The standard InChI is InChI=1S/C13H22N2O/c1-10-5-6-11(2)15(10)14-9-12-7-8-13(3,4)16-12/h5-6,12,14H,7-9H2,1-4H3. The number of ether oxygens (including phenoxy) is 1. The highest BCUT2D eigenvalue weighted by atomic mass is 16.5. The molecular weight excluding hydrogens is 200 g/mol. The second-order valence-electron chi connectivity index (χ2n) is 5.35. The highest BCUT2D eigenvalue weighted by molar-refractivity contribution is 5.15. The second-order valence-corrected chi connectivity index (χ2v) is 5.35. The average molecular weight is 222 g/mol. The van der Waals surface area contributed by atoms with Crippen LogP contribution in [-0.4, -0.2) is 22.9 Å². The lowest BCUT2D eigenvalue weighted by Gasteiger charge is -2.21. The molecule has 1 aromatic rings. The van der Waals surface area contributed by atoms with Gasteiger partial charge in [0.1, 0.15) is 0 Å². The molecule has 1 aromatic heterocycles. The Labute approximate surface area is 97.8 Å². The van der Waals surface area contributed by atoms with Crippen LogP contribution in [0.4, 0.5) is 0 Å². The molecule has 0 amide bonds. The quantitative estimate of drug-likeness (QED) is 0.850. The molecule has 16 heavy (non-hydrogen) atoms. The molecule has 1 atom stereocenters. The van der Waals surface area contributed by atoms with Gasteiger partial charge in [-0.15, -0.1) is 0 Å². The van der Waals surface area contributed by atoms with Crippen molar-refractivity contribution in [1.29, 1.82) is 0 Å². The first-order chi connectivity index (χ1) is 7.48. The van der Waals surface area contributed by atoms with Gasteiger partial charge >= 0.3 is 0 Å². The Balaban J connectivity index is 1.89. The summed E-state index contributed by atoms with van der Waals surface area (Å²) in [6.45, 7) is 9.44. The van der Waals surface area contributed by atoms with Gasteiger partial charge in [-0.3, -0.25) is 4.68 Å². The summed E-state index contributed by atoms with van der Waals surface area (Å²) in [5, 5.41) is 0. The van der Waals surface area contributed by atoms with Gasteiger partial charge in [-0.1, -0.05) is 0 Å². The third-order valence-electron chi connectivity index (χ3n) is 3.30. The first-order valence-electron chi connectivity index (χ1n) is 6.04. The fourth-order valence-electron chi connectivity index (χ4n) is 2.33. The van der Waals surface area contributed by atoms with Crippen LogP contribution in [-0.2, 0) is 4.74 Å². The van der Waals surface area contributed by atoms with Gasteiger partial charge < -0.3 is 10.2 Å². The van der Waals surface area contributed by atoms with Gasteiger partial charge in [-0.05, 0) is 52.7 Å². The summed E-state index contributed by atoms with van der Waals surface area (Å²) in [6.07, 6.45) is 2.65. The number of hydrogen-bond donors (Lipinski definition) is 1. The normalized spacial score (nSPS) is 23.6. The maximum absolute atomic E-state index is 5.95. The molecule has 3 heteroatoms. The summed E-state index contributed by atoms with van der Waals surface area (Å²) in [7, 11) is 0. The lowest BCUT2D eigenvalue weighted by atomic mass is 10.1. The van der Waals surface area contributed by atoms with E-state index < -0.39 is 0 Å². The first kappa shape index (κ1) is 11.5. The molecule has 0 aliphatic carbocycles. The summed E-state index contributed by atoms with van der Waals surface area (Å²) in [5.74, 6) is 0. The molecule has 2 rings (SSSR count). The van der Waals surface area contributed by atoms with Crippen LogP contribution in [0.15, 0.2) is 12.1 Å². The minimum absolute atomic E-state index is 0.0626. The predicted octanol–water partition coefficient (Wildman–Crippen LogP) is 2.61. The number of nitrogens with zero attached hydrogens (tertiary/aromatic N) is 1. The van der Waals surface area contributed by atoms with Crippen molar-refractivity contribution in [2.24, 2.45) is 0 Å². The fraction of sp³-hybridized carbons (Fsp3) is 0.692. The molecule has 1 aliphatic rings. The number of nitrogens with one attached hydrogen (secondary N) is 1. The van der Waals surface area contributed by atoms with E-state index in [1.165, 1.54) is 11.4 Å². The van der Waals surface area contributed by atoms with Gasteiger partial charge in [0.2, 0.25) is 0 Å². The van der Waals surface area contributed by atoms with Crippen LogP contribution in [0.1, 0.15) is 38.1 Å². The van der Waals surface area contributed by atoms with Crippen LogP contribution >= 0.6 is 0 Å². The van der Waals surface area contributed by atoms with Crippen LogP contribution in [0.3, 0.4) is 0 Å². The molecule has 0 radical (unpaired) electrons. The van der Waals surface area contributed by atoms with Crippen LogP contribution in [0.5, 0.6) is 0 Å². The summed E-state index contributed by atoms with van der Waals surface area (Å²) >= 11 is 0. The Kier molecular flexibility index (Phi) is 2.98. The van der Waals surface area contributed by atoms with E-state index >= 15 is 0 Å². The molecule has 1 saturated heterocycles. The first-order valence-corrected chi connectivity index (χ1v) is 6.04. The lowest BCUT2D eigenvalue weighted by Crippen LogP contribution is -2.29. The Morgan fingerprint density at radius 1 is 1.38 bits per heavy atom. The van der Waals surface area contributed by atoms with E-state index in [0.717, 1.165) is 19.4 Å². The van der Waals surface area contributed by atoms with Crippen LogP contribution < -0.4 is 5.43 Å². The molecular formula is C13H22N2O. The summed E-state index contributed by atoms with van der Waals surface area (Å²) in [6, 6.07) is 4.25. The maximum Gasteiger partial charge on any atom is 0.0771 e. The molecule has 1 N–H and O–H groups in total. The van der Waals surface area contributed by atoms with Crippen molar-refractivity contribution < 1.29 is 4.74 Å². The van der Waals surface area contributed by atoms with Gasteiger partial charge in [0.15, 0.2) is 0 Å². The maximum atomic E-state index is 5.95. The molecule has 1 unspecified atom stereocenters. The molecule has 1 aliphatic heterocycles. The number of aryl methyl sites for hydroxylation is 2. The molecule has 0 spiro atoms. The third kappa shape index (κ3) is 2.40. The third-order valence-corrected chi connectivity index (χ3v) is 3.30. The van der Waals surface area contributed by atoms with Gasteiger partial charge in [-0.25, -0.2) is 0 Å². The second kappa shape index (κ2) is 4.13. The van der Waals surface area contributed by atoms with Crippen molar-refractivity contribution in [2.75, 3.05) is 12.0 Å². The SMILES string of the molecule is Cc1ccc(C)n1NCC1CCC(C)(C)O1. The zero-order chi connectivity index (χ0) is 11.8. The Hall–Kier alpha value is -0.960. The molecule has 90 valence electrons. The van der Waals surface area contributed by atoms with Crippen molar-refractivity contribution in [3.63, 3.8) is 0 Å². The van der Waals surface area contributed by atoms with Crippen LogP contribution in [0, 0.1) is 13.8 Å². The number of aromatic nitrogens is 1. The predicted molar refractivity (Wildman–Crippen MR) is 66.3 cm³/mol. The monoisotopic (exact) mass is 222 g/mol. The average Bonchev–Trinajstić information content (AvgIpc) is 2.69. The van der Waals surface area contributed by atoms with Crippen molar-refractivity contribution >= 4 is 0 Å². The van der Waals surface area contributed by atoms with E-state index in [2.05, 4.69) is 49.9 Å². The van der Waals surface area contributed by atoms with E-state index in [1.54, 1.807) is 0 Å². The molecule has 1 fully saturated rings. The minimum Gasteiger partial charge on any atom is -0.370 e. The minimum atomic E-state index is 0.0626. The van der Waals surface area contributed by atoms with Gasteiger partial charge in [0.05, 0.1) is 18.2 Å². The zero-order valence-electron chi connectivity index (χ0n) is 10.7. The van der Waals surface area contributed by atoms with Gasteiger partial charge in [0.25, 0.3) is 0 Å². The molecule has 2 heterocycles. The van der Waals surface area contributed by atoms with Gasteiger partial charge in [-0.2, -0.15) is 0 Å². The zero-order valence-corrected chi connectivity index (χ0v) is 10.7. The highest BCUT2D eigenvalue weighted by Crippen LogP contribution is 2.28. The van der Waals surface area contributed by atoms with E-state index in [-0.39, 0.29) is 5.60 Å². The number of rotatable bonds is 3. The molecule has 0 aromatic carbocycles. The molecule has 3 nitrogen and oxygen atoms in total. The van der Waals surface area contributed by atoms with Crippen LogP contribution in [0.25, 0.3) is 0 Å². The van der Waals surface area contributed by atoms with Crippen molar-refractivity contribution in [3.8, 4) is 0 Å². The smallest absolute Gasteiger partial charge is 0.0771 e. The Bertz CT molecular complexity index is 349. The Morgan fingerprint density at radius 3 is 2.50 bits per heavy atom. The summed E-state index contributed by atoms with van der Waals surface area (Å²) in [5.41, 5.74) is 5.99. The van der Waals surface area contributed by atoms with E-state index in [1.807, 2.05) is 0 Å². The largest absolute Gasteiger partial charge is 0.370 e.